The maximum Gasteiger partial charge on any atom is 0.325 e. The van der Waals surface area contributed by atoms with Crippen LogP contribution in [0.5, 0.6) is 0 Å². The lowest BCUT2D eigenvalue weighted by Gasteiger charge is -2.13. The minimum absolute atomic E-state index is 0.400. The zero-order valence-corrected chi connectivity index (χ0v) is 6.60. The van der Waals surface area contributed by atoms with Crippen LogP contribution < -0.4 is 5.32 Å². The number of carboxylic acids is 1. The molecule has 0 aromatic carbocycles. The Balaban J connectivity index is 4.11. The van der Waals surface area contributed by atoms with Gasteiger partial charge >= 0.3 is 11.9 Å². The fourth-order valence-electron chi connectivity index (χ4n) is 0.385. The maximum atomic E-state index is 12.1. The van der Waals surface area contributed by atoms with E-state index in [1.807, 2.05) is 0 Å². The first-order valence-electron chi connectivity index (χ1n) is 3.16. The summed E-state index contributed by atoms with van der Waals surface area (Å²) in [5, 5.41) is 9.87. The summed E-state index contributed by atoms with van der Waals surface area (Å²) in [6, 6.07) is -1.30. The van der Waals surface area contributed by atoms with Gasteiger partial charge in [0.1, 0.15) is 6.04 Å². The predicted molar refractivity (Wildman–Crippen MR) is 35.9 cm³/mol. The van der Waals surface area contributed by atoms with Gasteiger partial charge in [-0.25, -0.2) is 0 Å². The lowest BCUT2D eigenvalue weighted by molar-refractivity contribution is -0.149. The number of hydrogen-bond donors (Lipinski definition) is 2. The molecule has 0 saturated heterocycles. The Morgan fingerprint density at radius 3 is 2.17 bits per heavy atom. The van der Waals surface area contributed by atoms with Crippen LogP contribution in [0.3, 0.4) is 0 Å². The Hall–Kier alpha value is -1.20. The Kier molecular flexibility index (Phi) is 3.12. The molecule has 0 aliphatic heterocycles. The molecule has 2 N–H and O–H groups in total. The highest BCUT2D eigenvalue weighted by molar-refractivity contribution is 5.87. The third-order valence-electron chi connectivity index (χ3n) is 1.12. The standard InChI is InChI=1S/C6H9F2NO3/c1-3(4(10)11)9-5(12)6(2,7)8/h3H,1-2H3,(H,9,12)(H,10,11)/t3-/m1/s1. The molecule has 1 amide bonds. The van der Waals surface area contributed by atoms with Gasteiger partial charge in [0.25, 0.3) is 5.91 Å². The van der Waals surface area contributed by atoms with Gasteiger partial charge in [0.15, 0.2) is 0 Å². The summed E-state index contributed by atoms with van der Waals surface area (Å²) in [5.41, 5.74) is 0. The van der Waals surface area contributed by atoms with Crippen molar-refractivity contribution in [1.29, 1.82) is 0 Å². The SMILES string of the molecule is C[C@@H](NC(=O)C(C)(F)F)C(=O)O. The Morgan fingerprint density at radius 1 is 1.50 bits per heavy atom. The van der Waals surface area contributed by atoms with Crippen molar-refractivity contribution in [3.63, 3.8) is 0 Å². The number of halogens is 2. The van der Waals surface area contributed by atoms with Crippen LogP contribution >= 0.6 is 0 Å². The number of alkyl halides is 2. The number of aliphatic carboxylic acids is 1. The topological polar surface area (TPSA) is 66.4 Å². The van der Waals surface area contributed by atoms with Gasteiger partial charge in [-0.1, -0.05) is 0 Å². The van der Waals surface area contributed by atoms with Gasteiger partial charge in [-0.2, -0.15) is 8.78 Å². The van der Waals surface area contributed by atoms with E-state index in [-0.39, 0.29) is 0 Å². The summed E-state index contributed by atoms with van der Waals surface area (Å²) >= 11 is 0. The highest BCUT2D eigenvalue weighted by atomic mass is 19.3. The van der Waals surface area contributed by atoms with Gasteiger partial charge in [-0.3, -0.25) is 9.59 Å². The summed E-state index contributed by atoms with van der Waals surface area (Å²) in [6.07, 6.45) is 0. The molecule has 0 saturated carbocycles. The smallest absolute Gasteiger partial charge is 0.325 e. The fourth-order valence-corrected chi connectivity index (χ4v) is 0.385. The molecule has 0 bridgehead atoms. The molecule has 4 nitrogen and oxygen atoms in total. The summed E-state index contributed by atoms with van der Waals surface area (Å²) in [5.74, 6) is -6.48. The highest BCUT2D eigenvalue weighted by Crippen LogP contribution is 2.11. The number of carboxylic acid groups (broad SMARTS) is 1. The molecule has 0 aliphatic carbocycles. The summed E-state index contributed by atoms with van der Waals surface area (Å²) in [7, 11) is 0. The minimum atomic E-state index is -3.54. The average molecular weight is 181 g/mol. The molecule has 0 aromatic heterocycles. The number of amides is 1. The second kappa shape index (κ2) is 3.46. The van der Waals surface area contributed by atoms with E-state index in [0.29, 0.717) is 6.92 Å². The minimum Gasteiger partial charge on any atom is -0.480 e. The molecule has 70 valence electrons. The Bertz CT molecular complexity index is 199. The summed E-state index contributed by atoms with van der Waals surface area (Å²) in [6.45, 7) is 1.50. The van der Waals surface area contributed by atoms with Crippen molar-refractivity contribution >= 4 is 11.9 Å². The molecule has 0 aliphatic rings. The molecule has 1 atom stereocenters. The molecular weight excluding hydrogens is 172 g/mol. The lowest BCUT2D eigenvalue weighted by atomic mass is 10.3. The van der Waals surface area contributed by atoms with Crippen molar-refractivity contribution < 1.29 is 23.5 Å². The van der Waals surface area contributed by atoms with E-state index in [0.717, 1.165) is 6.92 Å². The first kappa shape index (κ1) is 10.8. The first-order valence-corrected chi connectivity index (χ1v) is 3.16. The molecule has 0 spiro atoms. The van der Waals surface area contributed by atoms with E-state index in [4.69, 9.17) is 5.11 Å². The number of hydrogen-bond acceptors (Lipinski definition) is 2. The van der Waals surface area contributed by atoms with Crippen molar-refractivity contribution in [1.82, 2.24) is 5.32 Å². The van der Waals surface area contributed by atoms with Crippen LogP contribution in [0.15, 0.2) is 0 Å². The van der Waals surface area contributed by atoms with Crippen LogP contribution in [0.25, 0.3) is 0 Å². The van der Waals surface area contributed by atoms with E-state index in [1.54, 1.807) is 5.32 Å². The summed E-state index contributed by atoms with van der Waals surface area (Å²) < 4.78 is 24.3. The highest BCUT2D eigenvalue weighted by Gasteiger charge is 2.33. The van der Waals surface area contributed by atoms with Crippen LogP contribution in [0, 0.1) is 0 Å². The second-order valence-corrected chi connectivity index (χ2v) is 2.42. The van der Waals surface area contributed by atoms with E-state index < -0.39 is 23.8 Å². The van der Waals surface area contributed by atoms with Crippen molar-refractivity contribution in [2.75, 3.05) is 0 Å². The lowest BCUT2D eigenvalue weighted by Crippen LogP contribution is -2.45. The Morgan fingerprint density at radius 2 is 1.92 bits per heavy atom. The van der Waals surface area contributed by atoms with E-state index in [2.05, 4.69) is 0 Å². The number of rotatable bonds is 3. The van der Waals surface area contributed by atoms with E-state index in [1.165, 1.54) is 0 Å². The fraction of sp³-hybridized carbons (Fsp3) is 0.667. The normalized spacial score (nSPS) is 13.7. The zero-order chi connectivity index (χ0) is 9.94. The third-order valence-corrected chi connectivity index (χ3v) is 1.12. The van der Waals surface area contributed by atoms with Gasteiger partial charge in [0.2, 0.25) is 0 Å². The van der Waals surface area contributed by atoms with Gasteiger partial charge in [0, 0.05) is 6.92 Å². The van der Waals surface area contributed by atoms with Gasteiger partial charge in [-0.05, 0) is 6.92 Å². The molecule has 0 aromatic rings. The predicted octanol–water partition coefficient (Wildman–Crippen LogP) is 0.231. The van der Waals surface area contributed by atoms with Gasteiger partial charge < -0.3 is 10.4 Å². The molecular formula is C6H9F2NO3. The Labute approximate surface area is 67.6 Å². The molecule has 0 heterocycles. The van der Waals surface area contributed by atoms with Crippen molar-refractivity contribution in [3.8, 4) is 0 Å². The van der Waals surface area contributed by atoms with Crippen LogP contribution in [0.4, 0.5) is 8.78 Å². The number of carbonyl (C=O) groups excluding carboxylic acids is 1. The van der Waals surface area contributed by atoms with Crippen molar-refractivity contribution in [2.45, 2.75) is 25.8 Å². The molecule has 0 unspecified atom stereocenters. The second-order valence-electron chi connectivity index (χ2n) is 2.42. The molecule has 6 heteroatoms. The first-order chi connectivity index (χ1) is 5.25. The third kappa shape index (κ3) is 3.27. The number of carbonyl (C=O) groups is 2. The van der Waals surface area contributed by atoms with Crippen molar-refractivity contribution in [2.24, 2.45) is 0 Å². The van der Waals surface area contributed by atoms with E-state index >= 15 is 0 Å². The summed E-state index contributed by atoms with van der Waals surface area (Å²) in [4.78, 5) is 20.6. The van der Waals surface area contributed by atoms with Gasteiger partial charge in [-0.15, -0.1) is 0 Å². The maximum absolute atomic E-state index is 12.1. The monoisotopic (exact) mass is 181 g/mol. The quantitative estimate of drug-likeness (QED) is 0.655. The zero-order valence-electron chi connectivity index (χ0n) is 6.60. The van der Waals surface area contributed by atoms with E-state index in [9.17, 15) is 18.4 Å². The number of nitrogens with one attached hydrogen (secondary N) is 1. The molecule has 12 heavy (non-hydrogen) atoms. The molecule has 0 fully saturated rings. The van der Waals surface area contributed by atoms with Crippen LogP contribution in [0.2, 0.25) is 0 Å². The van der Waals surface area contributed by atoms with Crippen molar-refractivity contribution in [3.05, 3.63) is 0 Å². The van der Waals surface area contributed by atoms with Crippen LogP contribution in [0.1, 0.15) is 13.8 Å². The van der Waals surface area contributed by atoms with Gasteiger partial charge in [0.05, 0.1) is 0 Å². The molecule has 0 rings (SSSR count). The van der Waals surface area contributed by atoms with Crippen LogP contribution in [-0.4, -0.2) is 28.9 Å². The average Bonchev–Trinajstić information content (AvgIpc) is 1.85. The largest absolute Gasteiger partial charge is 0.480 e. The van der Waals surface area contributed by atoms with Crippen LogP contribution in [-0.2, 0) is 9.59 Å². The molecule has 0 radical (unpaired) electrons.